The van der Waals surface area contributed by atoms with Gasteiger partial charge in [0, 0.05) is 36.5 Å². The van der Waals surface area contributed by atoms with Crippen LogP contribution in [0.3, 0.4) is 0 Å². The predicted octanol–water partition coefficient (Wildman–Crippen LogP) is 3.80. The Balaban J connectivity index is 0.000000451. The second-order valence-corrected chi connectivity index (χ2v) is 6.45. The van der Waals surface area contributed by atoms with E-state index in [0.29, 0.717) is 25.1 Å². The summed E-state index contributed by atoms with van der Waals surface area (Å²) in [6.07, 6.45) is 1.61. The van der Waals surface area contributed by atoms with Crippen molar-refractivity contribution in [3.05, 3.63) is 71.9 Å². The van der Waals surface area contributed by atoms with E-state index < -0.39 is 12.1 Å². The maximum absolute atomic E-state index is 13.0. The third-order valence-electron chi connectivity index (χ3n) is 4.10. The van der Waals surface area contributed by atoms with Gasteiger partial charge in [0.2, 0.25) is 5.91 Å². The highest BCUT2D eigenvalue weighted by molar-refractivity contribution is 5.76. The molecule has 0 atom stereocenters. The number of aliphatic carboxylic acids is 1. The number of carbonyl (C=O) groups is 2. The first-order valence-electron chi connectivity index (χ1n) is 9.32. The van der Waals surface area contributed by atoms with E-state index in [0.717, 1.165) is 23.1 Å². The Labute approximate surface area is 180 Å². The number of carboxylic acid groups (broad SMARTS) is 1. The number of alkyl halides is 3. The summed E-state index contributed by atoms with van der Waals surface area (Å²) in [6.45, 7) is 0.581. The van der Waals surface area contributed by atoms with Gasteiger partial charge in [0.25, 0.3) is 0 Å². The molecule has 0 saturated heterocycles. The third-order valence-corrected chi connectivity index (χ3v) is 4.10. The Morgan fingerprint density at radius 2 is 1.66 bits per heavy atom. The molecule has 0 spiro atoms. The summed E-state index contributed by atoms with van der Waals surface area (Å²) in [5.41, 5.74) is 2.70. The Hall–Kier alpha value is -3.76. The van der Waals surface area contributed by atoms with E-state index in [4.69, 9.17) is 14.4 Å². The van der Waals surface area contributed by atoms with E-state index in [1.54, 1.807) is 30.7 Å². The Bertz CT molecular complexity index is 1010. The van der Waals surface area contributed by atoms with Gasteiger partial charge in [-0.1, -0.05) is 5.16 Å². The molecule has 0 bridgehead atoms. The van der Waals surface area contributed by atoms with Gasteiger partial charge in [0.15, 0.2) is 5.76 Å². The number of nitrogens with zero attached hydrogens (tertiary/aromatic N) is 2. The van der Waals surface area contributed by atoms with Gasteiger partial charge in [-0.15, -0.1) is 0 Å². The highest BCUT2D eigenvalue weighted by Crippen LogP contribution is 2.24. The van der Waals surface area contributed by atoms with Crippen molar-refractivity contribution in [1.82, 2.24) is 15.5 Å². The molecule has 0 fully saturated rings. The van der Waals surface area contributed by atoms with E-state index in [9.17, 15) is 22.4 Å². The lowest BCUT2D eigenvalue weighted by Crippen LogP contribution is -2.25. The van der Waals surface area contributed by atoms with Gasteiger partial charge in [0.1, 0.15) is 5.82 Å². The molecule has 170 valence electrons. The molecule has 0 saturated carbocycles. The van der Waals surface area contributed by atoms with Crippen LogP contribution in [0.2, 0.25) is 0 Å². The van der Waals surface area contributed by atoms with Crippen LogP contribution >= 0.6 is 0 Å². The zero-order valence-corrected chi connectivity index (χ0v) is 16.6. The molecule has 0 aliphatic rings. The average molecular weight is 453 g/mol. The number of pyridine rings is 1. The van der Waals surface area contributed by atoms with Crippen LogP contribution in [0.5, 0.6) is 0 Å². The Morgan fingerprint density at radius 3 is 2.25 bits per heavy atom. The zero-order valence-electron chi connectivity index (χ0n) is 16.6. The molecule has 0 unspecified atom stereocenters. The maximum atomic E-state index is 13.0. The standard InChI is InChI=1S/C19H18FN3O2.C2HF3O2/c20-17-4-1-15(2-5-17)19-16(13-23-25-19)3-6-18(24)22-12-9-14-7-10-21-11-8-14;3-2(4,5)1(6)7/h1-2,4-5,7-8,10-11,13H,3,6,9,12H2,(H,22,24);(H,6,7). The topological polar surface area (TPSA) is 105 Å². The second kappa shape index (κ2) is 11.6. The van der Waals surface area contributed by atoms with Crippen molar-refractivity contribution < 1.29 is 36.8 Å². The highest BCUT2D eigenvalue weighted by atomic mass is 19.4. The first kappa shape index (κ1) is 24.5. The summed E-state index contributed by atoms with van der Waals surface area (Å²) in [4.78, 5) is 24.9. The van der Waals surface area contributed by atoms with Gasteiger partial charge in [-0.3, -0.25) is 9.78 Å². The lowest BCUT2D eigenvalue weighted by Gasteiger charge is -2.05. The van der Waals surface area contributed by atoms with Crippen LogP contribution in [-0.2, 0) is 22.4 Å². The molecule has 3 aromatic rings. The molecular formula is C21H19F4N3O4. The van der Waals surface area contributed by atoms with Crippen molar-refractivity contribution in [2.75, 3.05) is 6.54 Å². The van der Waals surface area contributed by atoms with Gasteiger partial charge < -0.3 is 14.9 Å². The first-order chi connectivity index (χ1) is 15.2. The molecule has 0 radical (unpaired) electrons. The molecule has 7 nitrogen and oxygen atoms in total. The number of nitrogens with one attached hydrogen (secondary N) is 1. The van der Waals surface area contributed by atoms with Crippen molar-refractivity contribution in [3.63, 3.8) is 0 Å². The van der Waals surface area contributed by atoms with Crippen LogP contribution in [0.25, 0.3) is 11.3 Å². The molecule has 3 rings (SSSR count). The monoisotopic (exact) mass is 453 g/mol. The summed E-state index contributed by atoms with van der Waals surface area (Å²) < 4.78 is 50.0. The number of carboxylic acids is 1. The minimum atomic E-state index is -5.08. The number of amides is 1. The number of hydrogen-bond acceptors (Lipinski definition) is 5. The number of hydrogen-bond donors (Lipinski definition) is 2. The van der Waals surface area contributed by atoms with Crippen LogP contribution in [0.4, 0.5) is 17.6 Å². The Morgan fingerprint density at radius 1 is 1.03 bits per heavy atom. The van der Waals surface area contributed by atoms with Crippen molar-refractivity contribution in [2.24, 2.45) is 0 Å². The van der Waals surface area contributed by atoms with Gasteiger partial charge >= 0.3 is 12.1 Å². The molecular weight excluding hydrogens is 434 g/mol. The lowest BCUT2D eigenvalue weighted by atomic mass is 10.1. The normalized spacial score (nSPS) is 10.8. The van der Waals surface area contributed by atoms with Gasteiger partial charge in [-0.2, -0.15) is 13.2 Å². The largest absolute Gasteiger partial charge is 0.490 e. The van der Waals surface area contributed by atoms with E-state index in [1.807, 2.05) is 12.1 Å². The molecule has 11 heteroatoms. The SMILES string of the molecule is O=C(CCc1cnoc1-c1ccc(F)cc1)NCCc1ccncc1.O=C(O)C(F)(F)F. The predicted molar refractivity (Wildman–Crippen MR) is 105 cm³/mol. The number of carbonyl (C=O) groups excluding carboxylic acids is 1. The van der Waals surface area contributed by atoms with E-state index in [1.165, 1.54) is 12.1 Å². The fourth-order valence-corrected chi connectivity index (χ4v) is 2.51. The number of halogens is 4. The molecule has 2 aromatic heterocycles. The van der Waals surface area contributed by atoms with Crippen LogP contribution in [0.15, 0.2) is 59.5 Å². The van der Waals surface area contributed by atoms with Crippen molar-refractivity contribution in [1.29, 1.82) is 0 Å². The van der Waals surface area contributed by atoms with Crippen molar-refractivity contribution >= 4 is 11.9 Å². The summed E-state index contributed by atoms with van der Waals surface area (Å²) in [5.74, 6) is -2.52. The van der Waals surface area contributed by atoms with E-state index in [2.05, 4.69) is 15.5 Å². The van der Waals surface area contributed by atoms with Gasteiger partial charge in [-0.05, 0) is 54.8 Å². The minimum absolute atomic E-state index is 0.0275. The number of benzene rings is 1. The quantitative estimate of drug-likeness (QED) is 0.528. The fourth-order valence-electron chi connectivity index (χ4n) is 2.51. The molecule has 0 aliphatic carbocycles. The van der Waals surface area contributed by atoms with Crippen LogP contribution in [0, 0.1) is 5.82 Å². The number of rotatable bonds is 7. The molecule has 0 aliphatic heterocycles. The number of aryl methyl sites for hydroxylation is 1. The average Bonchev–Trinajstić information content (AvgIpc) is 3.22. The zero-order chi connectivity index (χ0) is 23.6. The summed E-state index contributed by atoms with van der Waals surface area (Å²) in [6, 6.07) is 9.86. The van der Waals surface area contributed by atoms with E-state index in [-0.39, 0.29) is 11.7 Å². The summed E-state index contributed by atoms with van der Waals surface area (Å²) in [5, 5.41) is 13.8. The third kappa shape index (κ3) is 8.17. The van der Waals surface area contributed by atoms with Crippen molar-refractivity contribution in [3.8, 4) is 11.3 Å². The lowest BCUT2D eigenvalue weighted by molar-refractivity contribution is -0.192. The molecule has 1 amide bonds. The van der Waals surface area contributed by atoms with Crippen molar-refractivity contribution in [2.45, 2.75) is 25.4 Å². The van der Waals surface area contributed by atoms with E-state index >= 15 is 0 Å². The van der Waals surface area contributed by atoms with Crippen LogP contribution in [-0.4, -0.2) is 39.8 Å². The summed E-state index contributed by atoms with van der Waals surface area (Å²) in [7, 11) is 0. The van der Waals surface area contributed by atoms with Crippen LogP contribution < -0.4 is 5.32 Å². The molecule has 1 aromatic carbocycles. The van der Waals surface area contributed by atoms with Gasteiger partial charge in [-0.25, -0.2) is 9.18 Å². The Kier molecular flexibility index (Phi) is 8.87. The summed E-state index contributed by atoms with van der Waals surface area (Å²) >= 11 is 0. The molecule has 32 heavy (non-hydrogen) atoms. The number of aromatic nitrogens is 2. The van der Waals surface area contributed by atoms with Crippen LogP contribution in [0.1, 0.15) is 17.5 Å². The molecule has 2 N–H and O–H groups in total. The smallest absolute Gasteiger partial charge is 0.475 e. The van der Waals surface area contributed by atoms with Gasteiger partial charge in [0.05, 0.1) is 6.20 Å². The fraction of sp³-hybridized carbons (Fsp3) is 0.238. The first-order valence-corrected chi connectivity index (χ1v) is 9.32. The second-order valence-electron chi connectivity index (χ2n) is 6.45. The highest BCUT2D eigenvalue weighted by Gasteiger charge is 2.38. The minimum Gasteiger partial charge on any atom is -0.475 e. The maximum Gasteiger partial charge on any atom is 0.490 e. The molecule has 2 heterocycles.